The molecule has 0 bridgehead atoms. The number of Topliss-reactive ketones (excluding diaryl/α,β-unsaturated/α-hetero) is 1. The predicted molar refractivity (Wildman–Crippen MR) is 133 cm³/mol. The zero-order valence-electron chi connectivity index (χ0n) is 21.5. The molecule has 196 valence electrons. The molecule has 8 heteroatoms. The highest BCUT2D eigenvalue weighted by molar-refractivity contribution is 5.94. The molecule has 0 aromatic rings. The van der Waals surface area contributed by atoms with E-state index in [4.69, 9.17) is 5.73 Å². The van der Waals surface area contributed by atoms with Gasteiger partial charge in [-0.25, -0.2) is 0 Å². The van der Waals surface area contributed by atoms with Crippen molar-refractivity contribution >= 4 is 23.4 Å². The number of likely N-dealkylation sites (tertiary alicyclic amines) is 1. The van der Waals surface area contributed by atoms with E-state index in [0.717, 1.165) is 44.1 Å². The highest BCUT2D eigenvalue weighted by Gasteiger charge is 2.50. The summed E-state index contributed by atoms with van der Waals surface area (Å²) in [4.78, 5) is 53.1. The summed E-state index contributed by atoms with van der Waals surface area (Å²) in [7, 11) is 0. The molecule has 3 aliphatic rings. The van der Waals surface area contributed by atoms with Crippen LogP contribution in [0.4, 0.5) is 0 Å². The lowest BCUT2D eigenvalue weighted by Crippen LogP contribution is -2.51. The largest absolute Gasteiger partial charge is 0.383 e. The van der Waals surface area contributed by atoms with Crippen LogP contribution >= 0.6 is 0 Å². The minimum absolute atomic E-state index is 0.0555. The van der Waals surface area contributed by atoms with Crippen LogP contribution in [-0.2, 0) is 19.2 Å². The number of rotatable bonds is 13. The van der Waals surface area contributed by atoms with Gasteiger partial charge in [-0.15, -0.1) is 0 Å². The number of ketones is 2. The van der Waals surface area contributed by atoms with Crippen LogP contribution in [0.25, 0.3) is 0 Å². The summed E-state index contributed by atoms with van der Waals surface area (Å²) in [6, 6.07) is -1.25. The summed E-state index contributed by atoms with van der Waals surface area (Å²) in [5.74, 6) is -0.913. The van der Waals surface area contributed by atoms with E-state index >= 15 is 0 Å². The van der Waals surface area contributed by atoms with Gasteiger partial charge in [0, 0.05) is 31.3 Å². The molecule has 35 heavy (non-hydrogen) atoms. The highest BCUT2D eigenvalue weighted by atomic mass is 16.3. The van der Waals surface area contributed by atoms with E-state index in [-0.39, 0.29) is 54.6 Å². The van der Waals surface area contributed by atoms with Gasteiger partial charge in [-0.1, -0.05) is 25.3 Å². The average molecular weight is 490 g/mol. The van der Waals surface area contributed by atoms with E-state index in [2.05, 4.69) is 5.32 Å². The highest BCUT2D eigenvalue weighted by Crippen LogP contribution is 2.43. The van der Waals surface area contributed by atoms with Crippen molar-refractivity contribution in [2.75, 3.05) is 6.54 Å². The fourth-order valence-electron chi connectivity index (χ4n) is 5.82. The molecule has 0 radical (unpaired) electrons. The fourth-order valence-corrected chi connectivity index (χ4v) is 5.82. The lowest BCUT2D eigenvalue weighted by molar-refractivity contribution is -0.141. The Balaban J connectivity index is 1.68. The van der Waals surface area contributed by atoms with Gasteiger partial charge in [-0.2, -0.15) is 0 Å². The van der Waals surface area contributed by atoms with Gasteiger partial charge >= 0.3 is 0 Å². The second-order valence-electron chi connectivity index (χ2n) is 11.1. The first-order valence-corrected chi connectivity index (χ1v) is 13.4. The van der Waals surface area contributed by atoms with Gasteiger partial charge in [0.2, 0.25) is 11.8 Å². The first kappa shape index (κ1) is 27.5. The van der Waals surface area contributed by atoms with Crippen molar-refractivity contribution in [2.24, 2.45) is 23.5 Å². The predicted octanol–water partition coefficient (Wildman–Crippen LogP) is 2.27. The molecule has 3 fully saturated rings. The number of hydrogen-bond donors (Lipinski definition) is 3. The van der Waals surface area contributed by atoms with Crippen molar-refractivity contribution in [2.45, 2.75) is 109 Å². The number of nitrogens with one attached hydrogen (secondary N) is 1. The monoisotopic (exact) mass is 489 g/mol. The van der Waals surface area contributed by atoms with Crippen LogP contribution in [0.3, 0.4) is 0 Å². The molecule has 1 saturated heterocycles. The van der Waals surface area contributed by atoms with Crippen molar-refractivity contribution in [3.63, 3.8) is 0 Å². The number of allylic oxidation sites excluding steroid dienone is 2. The summed E-state index contributed by atoms with van der Waals surface area (Å²) in [5, 5.41) is 13.5. The molecule has 8 nitrogen and oxygen atoms in total. The van der Waals surface area contributed by atoms with Crippen LogP contribution < -0.4 is 11.1 Å². The maximum atomic E-state index is 13.6. The normalized spacial score (nSPS) is 26.0. The summed E-state index contributed by atoms with van der Waals surface area (Å²) in [6.07, 6.45) is 6.91. The van der Waals surface area contributed by atoms with E-state index in [1.54, 1.807) is 11.0 Å². The molecule has 4 N–H and O–H groups in total. The molecular formula is C27H43N3O5. The smallest absolute Gasteiger partial charge is 0.249 e. The van der Waals surface area contributed by atoms with E-state index in [1.165, 1.54) is 0 Å². The van der Waals surface area contributed by atoms with Crippen LogP contribution in [0.5, 0.6) is 0 Å². The molecule has 1 aliphatic heterocycles. The molecule has 6 atom stereocenters. The Kier molecular flexibility index (Phi) is 9.64. The van der Waals surface area contributed by atoms with Crippen molar-refractivity contribution in [3.05, 3.63) is 11.6 Å². The quantitative estimate of drug-likeness (QED) is 0.340. The molecule has 0 spiro atoms. The lowest BCUT2D eigenvalue weighted by Gasteiger charge is -2.31. The number of nitrogens with zero attached hydrogens (tertiary/aromatic N) is 1. The van der Waals surface area contributed by atoms with Crippen LogP contribution in [-0.4, -0.2) is 64.2 Å². The Hall–Kier alpha value is -2.06. The Morgan fingerprint density at radius 1 is 1.11 bits per heavy atom. The topological polar surface area (TPSA) is 130 Å². The van der Waals surface area contributed by atoms with Crippen molar-refractivity contribution in [1.82, 2.24) is 10.2 Å². The molecule has 2 saturated carbocycles. The third kappa shape index (κ3) is 7.23. The van der Waals surface area contributed by atoms with Gasteiger partial charge in [0.05, 0.1) is 12.1 Å². The Labute approximate surface area is 209 Å². The minimum Gasteiger partial charge on any atom is -0.383 e. The molecule has 0 aromatic carbocycles. The minimum atomic E-state index is -1.23. The molecule has 1 unspecified atom stereocenters. The van der Waals surface area contributed by atoms with Crippen molar-refractivity contribution in [1.29, 1.82) is 0 Å². The Morgan fingerprint density at radius 3 is 2.46 bits per heavy atom. The number of carbonyl (C=O) groups excluding carboxylic acids is 4. The van der Waals surface area contributed by atoms with Crippen molar-refractivity contribution < 1.29 is 24.3 Å². The van der Waals surface area contributed by atoms with E-state index in [1.807, 2.05) is 20.8 Å². The van der Waals surface area contributed by atoms with Gasteiger partial charge in [-0.05, 0) is 70.3 Å². The van der Waals surface area contributed by atoms with Gasteiger partial charge in [0.1, 0.15) is 6.10 Å². The molecular weight excluding hydrogens is 446 g/mol. The number of fused-ring (bicyclic) bond motifs is 1. The number of hydrogen-bond acceptors (Lipinski definition) is 6. The summed E-state index contributed by atoms with van der Waals surface area (Å²) >= 11 is 0. The number of carbonyl (C=O) groups is 4. The maximum absolute atomic E-state index is 13.6. The second-order valence-corrected chi connectivity index (χ2v) is 11.1. The number of amides is 2. The number of aliphatic hydroxyl groups is 1. The molecule has 2 aliphatic carbocycles. The van der Waals surface area contributed by atoms with E-state index in [9.17, 15) is 24.3 Å². The molecule has 1 heterocycles. The number of aliphatic hydroxyl groups excluding tert-OH is 1. The van der Waals surface area contributed by atoms with Crippen LogP contribution in [0.15, 0.2) is 11.6 Å². The summed E-state index contributed by atoms with van der Waals surface area (Å²) in [6.45, 7) is 6.18. The van der Waals surface area contributed by atoms with E-state index in [0.29, 0.717) is 13.0 Å². The number of nitrogens with two attached hydrogens (primary N) is 1. The molecule has 2 amide bonds. The lowest BCUT2D eigenvalue weighted by atomic mass is 9.84. The molecule has 0 aromatic heterocycles. The first-order valence-electron chi connectivity index (χ1n) is 13.4. The second kappa shape index (κ2) is 12.3. The maximum Gasteiger partial charge on any atom is 0.249 e. The third-order valence-electron chi connectivity index (χ3n) is 7.73. The molecule has 3 rings (SSSR count). The third-order valence-corrected chi connectivity index (χ3v) is 7.73. The average Bonchev–Trinajstić information content (AvgIpc) is 3.36. The van der Waals surface area contributed by atoms with Crippen LogP contribution in [0.2, 0.25) is 0 Å². The first-order chi connectivity index (χ1) is 16.6. The zero-order valence-corrected chi connectivity index (χ0v) is 21.5. The SMILES string of the molecule is CCC[C@H](CC(=O)[C@@H]1[C@H]2CCC[C@H]2CN1C(=O)[C@@H](N)CCC(=O)C=C(C)C)C(O)C(=O)NC1CC1. The zero-order chi connectivity index (χ0) is 25.7. The van der Waals surface area contributed by atoms with E-state index < -0.39 is 30.0 Å². The van der Waals surface area contributed by atoms with Crippen molar-refractivity contribution in [3.8, 4) is 0 Å². The Bertz CT molecular complexity index is 833. The Morgan fingerprint density at radius 2 is 1.83 bits per heavy atom. The van der Waals surface area contributed by atoms with Gasteiger partial charge < -0.3 is 21.1 Å². The summed E-state index contributed by atoms with van der Waals surface area (Å²) in [5.41, 5.74) is 7.11. The summed E-state index contributed by atoms with van der Waals surface area (Å²) < 4.78 is 0. The standard InChI is InChI=1S/C27H43N3O5/c1-4-6-17(25(33)26(34)29-19-9-10-19)14-23(32)24-21-8-5-7-18(21)15-30(24)27(35)22(28)12-11-20(31)13-16(2)3/h13,17-19,21-22,24-25,33H,4-12,14-15,28H2,1-3H3,(H,29,34)/t17-,18+,21+,22+,24+,25?/m1/s1. The van der Waals surface area contributed by atoms with Crippen LogP contribution in [0.1, 0.15) is 85.0 Å². The van der Waals surface area contributed by atoms with Gasteiger partial charge in [-0.3, -0.25) is 19.2 Å². The van der Waals surface area contributed by atoms with Gasteiger partial charge in [0.25, 0.3) is 0 Å². The fraction of sp³-hybridized carbons (Fsp3) is 0.778. The van der Waals surface area contributed by atoms with Gasteiger partial charge in [0.15, 0.2) is 11.6 Å². The van der Waals surface area contributed by atoms with Crippen LogP contribution in [0, 0.1) is 17.8 Å².